The summed E-state index contributed by atoms with van der Waals surface area (Å²) in [6.45, 7) is 0. The molecule has 0 aliphatic heterocycles. The number of hydrogen-bond donors (Lipinski definition) is 1. The van der Waals surface area contributed by atoms with Crippen LogP contribution in [0.25, 0.3) is 11.1 Å². The van der Waals surface area contributed by atoms with Crippen molar-refractivity contribution in [1.29, 1.82) is 5.26 Å². The van der Waals surface area contributed by atoms with E-state index in [1.165, 1.54) is 24.3 Å². The molecular formula is C13H7BrFNO. The van der Waals surface area contributed by atoms with E-state index >= 15 is 0 Å². The second-order valence-corrected chi connectivity index (χ2v) is 4.33. The highest BCUT2D eigenvalue weighted by molar-refractivity contribution is 9.10. The van der Waals surface area contributed by atoms with E-state index in [0.29, 0.717) is 21.2 Å². The van der Waals surface area contributed by atoms with Crippen molar-refractivity contribution < 1.29 is 9.50 Å². The molecule has 0 aliphatic rings. The maximum absolute atomic E-state index is 13.1. The van der Waals surface area contributed by atoms with Crippen LogP contribution in [0, 0.1) is 17.1 Å². The molecular weight excluding hydrogens is 285 g/mol. The Morgan fingerprint density at radius 3 is 2.65 bits per heavy atom. The third-order valence-corrected chi connectivity index (χ3v) is 3.00. The Morgan fingerprint density at radius 1 is 1.24 bits per heavy atom. The van der Waals surface area contributed by atoms with Crippen LogP contribution in [0.15, 0.2) is 40.9 Å². The molecule has 0 saturated heterocycles. The summed E-state index contributed by atoms with van der Waals surface area (Å²) < 4.78 is 13.6. The standard InChI is InChI=1S/C13H7BrFNO/c14-12-6-13(17)11(5-9(12)7-16)8-2-1-3-10(15)4-8/h1-6,17H. The Labute approximate surface area is 106 Å². The molecule has 0 unspecified atom stereocenters. The summed E-state index contributed by atoms with van der Waals surface area (Å²) in [7, 11) is 0. The summed E-state index contributed by atoms with van der Waals surface area (Å²) in [6.07, 6.45) is 0. The number of nitriles is 1. The number of nitrogens with zero attached hydrogens (tertiary/aromatic N) is 1. The van der Waals surface area contributed by atoms with Crippen molar-refractivity contribution in [3.8, 4) is 22.9 Å². The molecule has 0 fully saturated rings. The van der Waals surface area contributed by atoms with Gasteiger partial charge in [-0.15, -0.1) is 0 Å². The number of benzene rings is 2. The lowest BCUT2D eigenvalue weighted by Crippen LogP contribution is -1.85. The average Bonchev–Trinajstić information content (AvgIpc) is 2.29. The van der Waals surface area contributed by atoms with E-state index < -0.39 is 0 Å². The van der Waals surface area contributed by atoms with Crippen LogP contribution < -0.4 is 0 Å². The van der Waals surface area contributed by atoms with Gasteiger partial charge in [0.25, 0.3) is 0 Å². The minimum Gasteiger partial charge on any atom is -0.507 e. The molecule has 0 aromatic heterocycles. The van der Waals surface area contributed by atoms with Crippen LogP contribution in [0.5, 0.6) is 5.75 Å². The molecule has 0 bridgehead atoms. The lowest BCUT2D eigenvalue weighted by Gasteiger charge is -2.06. The van der Waals surface area contributed by atoms with E-state index in [0.717, 1.165) is 0 Å². The van der Waals surface area contributed by atoms with Crippen LogP contribution in [0.1, 0.15) is 5.56 Å². The van der Waals surface area contributed by atoms with E-state index in [1.54, 1.807) is 12.1 Å². The minimum atomic E-state index is -0.386. The first kappa shape index (κ1) is 11.6. The van der Waals surface area contributed by atoms with E-state index in [2.05, 4.69) is 15.9 Å². The lowest BCUT2D eigenvalue weighted by atomic mass is 10.0. The van der Waals surface area contributed by atoms with E-state index in [4.69, 9.17) is 5.26 Å². The predicted molar refractivity (Wildman–Crippen MR) is 65.9 cm³/mol. The molecule has 0 heterocycles. The molecule has 0 saturated carbocycles. The van der Waals surface area contributed by atoms with Gasteiger partial charge < -0.3 is 5.11 Å². The zero-order valence-electron chi connectivity index (χ0n) is 8.61. The van der Waals surface area contributed by atoms with Crippen molar-refractivity contribution in [2.45, 2.75) is 0 Å². The largest absolute Gasteiger partial charge is 0.507 e. The molecule has 0 spiro atoms. The maximum Gasteiger partial charge on any atom is 0.124 e. The van der Waals surface area contributed by atoms with Crippen molar-refractivity contribution in [2.75, 3.05) is 0 Å². The van der Waals surface area contributed by atoms with Gasteiger partial charge in [0.1, 0.15) is 17.6 Å². The molecule has 2 rings (SSSR count). The fourth-order valence-electron chi connectivity index (χ4n) is 1.54. The van der Waals surface area contributed by atoms with E-state index in [9.17, 15) is 9.50 Å². The Hall–Kier alpha value is -1.86. The van der Waals surface area contributed by atoms with Gasteiger partial charge in [-0.2, -0.15) is 5.26 Å². The van der Waals surface area contributed by atoms with Crippen LogP contribution in [-0.4, -0.2) is 5.11 Å². The Balaban J connectivity index is 2.64. The van der Waals surface area contributed by atoms with Gasteiger partial charge in [0.05, 0.1) is 5.56 Å². The quantitative estimate of drug-likeness (QED) is 0.868. The van der Waals surface area contributed by atoms with Crippen LogP contribution >= 0.6 is 15.9 Å². The summed E-state index contributed by atoms with van der Waals surface area (Å²) in [5.41, 5.74) is 1.36. The molecule has 1 N–H and O–H groups in total. The van der Waals surface area contributed by atoms with Gasteiger partial charge in [-0.3, -0.25) is 0 Å². The second-order valence-electron chi connectivity index (χ2n) is 3.47. The Bertz CT molecular complexity index is 619. The molecule has 4 heteroatoms. The van der Waals surface area contributed by atoms with Gasteiger partial charge in [-0.1, -0.05) is 12.1 Å². The molecule has 17 heavy (non-hydrogen) atoms. The minimum absolute atomic E-state index is 0.00137. The highest BCUT2D eigenvalue weighted by atomic mass is 79.9. The fraction of sp³-hybridized carbons (Fsp3) is 0. The first-order valence-corrected chi connectivity index (χ1v) is 5.59. The molecule has 0 atom stereocenters. The molecule has 0 radical (unpaired) electrons. The molecule has 2 aromatic rings. The summed E-state index contributed by atoms with van der Waals surface area (Å²) in [5.74, 6) is -0.384. The van der Waals surface area contributed by atoms with Crippen molar-refractivity contribution in [3.63, 3.8) is 0 Å². The summed E-state index contributed by atoms with van der Waals surface area (Å²) in [4.78, 5) is 0. The van der Waals surface area contributed by atoms with Gasteiger partial charge in [-0.25, -0.2) is 4.39 Å². The number of phenols is 1. The number of hydrogen-bond acceptors (Lipinski definition) is 2. The summed E-state index contributed by atoms with van der Waals surface area (Å²) in [6, 6.07) is 10.8. The van der Waals surface area contributed by atoms with Gasteiger partial charge in [0.15, 0.2) is 0 Å². The number of phenolic OH excluding ortho intramolecular Hbond substituents is 1. The smallest absolute Gasteiger partial charge is 0.124 e. The highest BCUT2D eigenvalue weighted by Gasteiger charge is 2.09. The molecule has 2 aromatic carbocycles. The van der Waals surface area contributed by atoms with Gasteiger partial charge in [-0.05, 0) is 45.8 Å². The molecule has 0 aliphatic carbocycles. The summed E-state index contributed by atoms with van der Waals surface area (Å²) >= 11 is 3.17. The average molecular weight is 292 g/mol. The highest BCUT2D eigenvalue weighted by Crippen LogP contribution is 2.34. The van der Waals surface area contributed by atoms with Crippen molar-refractivity contribution >= 4 is 15.9 Å². The fourth-order valence-corrected chi connectivity index (χ4v) is 1.96. The van der Waals surface area contributed by atoms with Crippen molar-refractivity contribution in [1.82, 2.24) is 0 Å². The summed E-state index contributed by atoms with van der Waals surface area (Å²) in [5, 5.41) is 18.7. The van der Waals surface area contributed by atoms with Gasteiger partial charge in [0.2, 0.25) is 0 Å². The third-order valence-electron chi connectivity index (χ3n) is 2.34. The lowest BCUT2D eigenvalue weighted by molar-refractivity contribution is 0.477. The number of halogens is 2. The number of rotatable bonds is 1. The van der Waals surface area contributed by atoms with Crippen molar-refractivity contribution in [3.05, 3.63) is 52.3 Å². The van der Waals surface area contributed by atoms with E-state index in [1.807, 2.05) is 6.07 Å². The van der Waals surface area contributed by atoms with E-state index in [-0.39, 0.29) is 11.6 Å². The molecule has 2 nitrogen and oxygen atoms in total. The molecule has 84 valence electrons. The zero-order valence-corrected chi connectivity index (χ0v) is 10.2. The van der Waals surface area contributed by atoms with Gasteiger partial charge >= 0.3 is 0 Å². The number of aromatic hydroxyl groups is 1. The second kappa shape index (κ2) is 4.56. The monoisotopic (exact) mass is 291 g/mol. The van der Waals surface area contributed by atoms with Gasteiger partial charge in [0, 0.05) is 10.0 Å². The maximum atomic E-state index is 13.1. The zero-order chi connectivity index (χ0) is 12.4. The first-order chi connectivity index (χ1) is 8.11. The predicted octanol–water partition coefficient (Wildman–Crippen LogP) is 3.83. The first-order valence-electron chi connectivity index (χ1n) is 4.80. The van der Waals surface area contributed by atoms with Crippen LogP contribution in [-0.2, 0) is 0 Å². The van der Waals surface area contributed by atoms with Crippen LogP contribution in [0.3, 0.4) is 0 Å². The van der Waals surface area contributed by atoms with Crippen LogP contribution in [0.2, 0.25) is 0 Å². The molecule has 0 amide bonds. The Kier molecular flexibility index (Phi) is 3.12. The SMILES string of the molecule is N#Cc1cc(-c2cccc(F)c2)c(O)cc1Br. The topological polar surface area (TPSA) is 44.0 Å². The van der Waals surface area contributed by atoms with Crippen molar-refractivity contribution in [2.24, 2.45) is 0 Å². The third kappa shape index (κ3) is 2.29. The van der Waals surface area contributed by atoms with Crippen LogP contribution in [0.4, 0.5) is 4.39 Å². The Morgan fingerprint density at radius 2 is 2.00 bits per heavy atom. The normalized spacial score (nSPS) is 9.94.